The van der Waals surface area contributed by atoms with E-state index in [0.29, 0.717) is 12.2 Å². The van der Waals surface area contributed by atoms with Crippen molar-refractivity contribution >= 4 is 0 Å². The molecule has 2 nitrogen and oxygen atoms in total. The highest BCUT2D eigenvalue weighted by atomic mass is 16.6. The predicted molar refractivity (Wildman–Crippen MR) is 86.2 cm³/mol. The lowest BCUT2D eigenvalue weighted by molar-refractivity contribution is 0.113. The van der Waals surface area contributed by atoms with Gasteiger partial charge in [0.15, 0.2) is 0 Å². The van der Waals surface area contributed by atoms with E-state index in [2.05, 4.69) is 20.8 Å². The summed E-state index contributed by atoms with van der Waals surface area (Å²) in [5.41, 5.74) is 0. The van der Waals surface area contributed by atoms with Gasteiger partial charge in [0, 0.05) is 6.61 Å². The van der Waals surface area contributed by atoms with Crippen LogP contribution in [0.4, 0.5) is 0 Å². The second kappa shape index (κ2) is 11.6. The molecule has 1 heterocycles. The quantitative estimate of drug-likeness (QED) is 0.317. The van der Waals surface area contributed by atoms with Gasteiger partial charge in [-0.2, -0.15) is 0 Å². The van der Waals surface area contributed by atoms with E-state index in [9.17, 15) is 0 Å². The third-order valence-electron chi connectivity index (χ3n) is 4.13. The van der Waals surface area contributed by atoms with Crippen LogP contribution in [0.5, 0.6) is 0 Å². The second-order valence-electron chi connectivity index (χ2n) is 6.73. The molecule has 1 rings (SSSR count). The topological polar surface area (TPSA) is 21.8 Å². The third kappa shape index (κ3) is 9.77. The summed E-state index contributed by atoms with van der Waals surface area (Å²) >= 11 is 0. The summed E-state index contributed by atoms with van der Waals surface area (Å²) in [6.07, 6.45) is 14.2. The number of ether oxygens (including phenoxy) is 2. The van der Waals surface area contributed by atoms with Crippen molar-refractivity contribution in [2.45, 2.75) is 97.2 Å². The summed E-state index contributed by atoms with van der Waals surface area (Å²) in [6.45, 7) is 8.60. The highest BCUT2D eigenvalue weighted by Crippen LogP contribution is 2.28. The number of unbranched alkanes of at least 4 members (excludes halogenated alkanes) is 6. The molecule has 0 amide bonds. The first-order valence-electron chi connectivity index (χ1n) is 8.97. The van der Waals surface area contributed by atoms with Crippen molar-refractivity contribution in [3.8, 4) is 0 Å². The van der Waals surface area contributed by atoms with Gasteiger partial charge in [-0.1, -0.05) is 72.1 Å². The van der Waals surface area contributed by atoms with Gasteiger partial charge in [0.1, 0.15) is 6.10 Å². The van der Waals surface area contributed by atoms with E-state index in [1.807, 2.05) is 0 Å². The minimum Gasteiger partial charge on any atom is -0.379 e. The van der Waals surface area contributed by atoms with Crippen LogP contribution in [-0.2, 0) is 9.47 Å². The molecule has 0 bridgehead atoms. The molecule has 0 radical (unpaired) electrons. The largest absolute Gasteiger partial charge is 0.379 e. The summed E-state index contributed by atoms with van der Waals surface area (Å²) in [4.78, 5) is 0. The van der Waals surface area contributed by atoms with Crippen molar-refractivity contribution in [3.05, 3.63) is 0 Å². The van der Waals surface area contributed by atoms with Gasteiger partial charge in [0.25, 0.3) is 0 Å². The minimum atomic E-state index is 0.411. The second-order valence-corrected chi connectivity index (χ2v) is 6.73. The zero-order valence-electron chi connectivity index (χ0n) is 14.0. The molecule has 0 aromatic rings. The highest BCUT2D eigenvalue weighted by Gasteiger charge is 2.37. The Balaban J connectivity index is 1.76. The first-order valence-corrected chi connectivity index (χ1v) is 8.97. The molecule has 2 atom stereocenters. The van der Waals surface area contributed by atoms with Gasteiger partial charge in [0.2, 0.25) is 0 Å². The fraction of sp³-hybridized carbons (Fsp3) is 1.00. The van der Waals surface area contributed by atoms with Crippen LogP contribution in [-0.4, -0.2) is 25.4 Å². The van der Waals surface area contributed by atoms with E-state index in [1.165, 1.54) is 64.2 Å². The van der Waals surface area contributed by atoms with Crippen LogP contribution in [0.25, 0.3) is 0 Å². The zero-order valence-corrected chi connectivity index (χ0v) is 14.0. The van der Waals surface area contributed by atoms with E-state index in [1.54, 1.807) is 0 Å². The fourth-order valence-electron chi connectivity index (χ4n) is 2.66. The number of rotatable bonds is 14. The first-order chi connectivity index (χ1) is 9.74. The Kier molecular flexibility index (Phi) is 10.4. The smallest absolute Gasteiger partial charge is 0.107 e. The molecule has 20 heavy (non-hydrogen) atoms. The molecule has 0 saturated carbocycles. The third-order valence-corrected chi connectivity index (χ3v) is 4.13. The number of epoxide rings is 1. The Morgan fingerprint density at radius 3 is 2.40 bits per heavy atom. The number of hydrogen-bond donors (Lipinski definition) is 0. The van der Waals surface area contributed by atoms with Gasteiger partial charge in [0.05, 0.1) is 12.7 Å². The van der Waals surface area contributed by atoms with Crippen LogP contribution in [0.15, 0.2) is 0 Å². The normalized spacial score (nSPS) is 21.6. The predicted octanol–water partition coefficient (Wildman–Crippen LogP) is 5.35. The molecule has 0 N–H and O–H groups in total. The Bertz CT molecular complexity index is 215. The summed E-state index contributed by atoms with van der Waals surface area (Å²) in [7, 11) is 0. The van der Waals surface area contributed by atoms with Crippen LogP contribution < -0.4 is 0 Å². The molecule has 0 aromatic carbocycles. The molecule has 0 aliphatic carbocycles. The average Bonchev–Trinajstić information content (AvgIpc) is 3.16. The SMILES string of the molecule is CCCCCCCCOC[C@H]1O[C@H]1CCCCC(C)C. The molecule has 1 aliphatic rings. The Labute approximate surface area is 126 Å². The van der Waals surface area contributed by atoms with Gasteiger partial charge in [-0.3, -0.25) is 0 Å². The van der Waals surface area contributed by atoms with Crippen molar-refractivity contribution < 1.29 is 9.47 Å². The summed E-state index contributed by atoms with van der Waals surface area (Å²) in [5, 5.41) is 0. The zero-order chi connectivity index (χ0) is 14.6. The first kappa shape index (κ1) is 18.0. The van der Waals surface area contributed by atoms with Gasteiger partial charge >= 0.3 is 0 Å². The molecule has 120 valence electrons. The van der Waals surface area contributed by atoms with E-state index >= 15 is 0 Å². The van der Waals surface area contributed by atoms with Crippen LogP contribution >= 0.6 is 0 Å². The monoisotopic (exact) mass is 284 g/mol. The van der Waals surface area contributed by atoms with Crippen molar-refractivity contribution in [2.24, 2.45) is 5.92 Å². The molecule has 0 unspecified atom stereocenters. The number of hydrogen-bond acceptors (Lipinski definition) is 2. The lowest BCUT2D eigenvalue weighted by Crippen LogP contribution is -2.06. The summed E-state index contributed by atoms with van der Waals surface area (Å²) in [6, 6.07) is 0. The molecule has 2 heteroatoms. The van der Waals surface area contributed by atoms with Crippen molar-refractivity contribution in [1.29, 1.82) is 0 Å². The molecular formula is C18H36O2. The molecule has 1 aliphatic heterocycles. The van der Waals surface area contributed by atoms with Crippen molar-refractivity contribution in [3.63, 3.8) is 0 Å². The minimum absolute atomic E-state index is 0.411. The van der Waals surface area contributed by atoms with Crippen molar-refractivity contribution in [2.75, 3.05) is 13.2 Å². The molecule has 0 spiro atoms. The Hall–Kier alpha value is -0.0800. The van der Waals surface area contributed by atoms with E-state index in [0.717, 1.165) is 19.1 Å². The van der Waals surface area contributed by atoms with Crippen molar-refractivity contribution in [1.82, 2.24) is 0 Å². The molecule has 1 saturated heterocycles. The highest BCUT2D eigenvalue weighted by molar-refractivity contribution is 4.84. The fourth-order valence-corrected chi connectivity index (χ4v) is 2.66. The standard InChI is InChI=1S/C18H36O2/c1-4-5-6-7-8-11-14-19-15-18-17(20-18)13-10-9-12-16(2)3/h16-18H,4-15H2,1-3H3/t17-,18+/m0/s1. The lowest BCUT2D eigenvalue weighted by atomic mass is 10.0. The van der Waals surface area contributed by atoms with Gasteiger partial charge in [-0.25, -0.2) is 0 Å². The van der Waals surface area contributed by atoms with Gasteiger partial charge < -0.3 is 9.47 Å². The van der Waals surface area contributed by atoms with Gasteiger partial charge in [-0.05, 0) is 18.8 Å². The van der Waals surface area contributed by atoms with Crippen LogP contribution in [0.3, 0.4) is 0 Å². The maximum absolute atomic E-state index is 5.71. The molecular weight excluding hydrogens is 248 g/mol. The molecule has 1 fully saturated rings. The summed E-state index contributed by atoms with van der Waals surface area (Å²) < 4.78 is 11.4. The lowest BCUT2D eigenvalue weighted by Gasteiger charge is -2.03. The van der Waals surface area contributed by atoms with Gasteiger partial charge in [-0.15, -0.1) is 0 Å². The Morgan fingerprint density at radius 2 is 1.65 bits per heavy atom. The Morgan fingerprint density at radius 1 is 0.900 bits per heavy atom. The summed E-state index contributed by atoms with van der Waals surface area (Å²) in [5.74, 6) is 0.839. The maximum Gasteiger partial charge on any atom is 0.107 e. The molecule has 0 aromatic heterocycles. The van der Waals surface area contributed by atoms with E-state index in [4.69, 9.17) is 9.47 Å². The maximum atomic E-state index is 5.71. The van der Waals surface area contributed by atoms with E-state index in [-0.39, 0.29) is 0 Å². The van der Waals surface area contributed by atoms with Crippen LogP contribution in [0.2, 0.25) is 0 Å². The van der Waals surface area contributed by atoms with Crippen LogP contribution in [0, 0.1) is 5.92 Å². The van der Waals surface area contributed by atoms with Crippen LogP contribution in [0.1, 0.15) is 85.0 Å². The van der Waals surface area contributed by atoms with E-state index < -0.39 is 0 Å². The average molecular weight is 284 g/mol.